The number of nitrogens with zero attached hydrogens (tertiary/aromatic N) is 1. The van der Waals surface area contributed by atoms with Crippen molar-refractivity contribution in [2.24, 2.45) is 0 Å². The van der Waals surface area contributed by atoms with E-state index in [0.29, 0.717) is 13.1 Å². The van der Waals surface area contributed by atoms with Gasteiger partial charge in [0.05, 0.1) is 24.6 Å². The van der Waals surface area contributed by atoms with Crippen molar-refractivity contribution in [2.45, 2.75) is 57.2 Å². The van der Waals surface area contributed by atoms with E-state index >= 15 is 0 Å². The largest absolute Gasteiger partial charge is 0.394 e. The van der Waals surface area contributed by atoms with Gasteiger partial charge in [-0.1, -0.05) is 42.7 Å². The van der Waals surface area contributed by atoms with Gasteiger partial charge >= 0.3 is 0 Å². The number of nitrogens with one attached hydrogen (secondary N) is 2. The van der Waals surface area contributed by atoms with Crippen molar-refractivity contribution in [3.05, 3.63) is 35.4 Å². The molecule has 0 aromatic heterocycles. The van der Waals surface area contributed by atoms with E-state index in [-0.39, 0.29) is 24.8 Å². The standard InChI is InChI=1S/C20H29N3O3/c1-15-4-6-16(7-5-15)13-23-11-10-21-19(26)17(23)12-18(25)22-20(14-24)8-2-3-9-20/h4-7,17,24H,2-3,8-14H2,1H3,(H,21,26)(H,22,25)/t17-/m0/s1. The zero-order valence-corrected chi connectivity index (χ0v) is 15.5. The normalized spacial score (nSPS) is 22.8. The van der Waals surface area contributed by atoms with Crippen LogP contribution in [0.3, 0.4) is 0 Å². The SMILES string of the molecule is Cc1ccc(CN2CCNC(=O)[C@@H]2CC(=O)NC2(CO)CCCC2)cc1. The Bertz CT molecular complexity index is 638. The lowest BCUT2D eigenvalue weighted by atomic mass is 9.97. The molecule has 1 heterocycles. The summed E-state index contributed by atoms with van der Waals surface area (Å²) in [6, 6.07) is 7.79. The molecule has 2 amide bonds. The maximum atomic E-state index is 12.6. The quantitative estimate of drug-likeness (QED) is 0.711. The van der Waals surface area contributed by atoms with E-state index in [1.165, 1.54) is 5.56 Å². The van der Waals surface area contributed by atoms with Gasteiger partial charge in [-0.3, -0.25) is 14.5 Å². The van der Waals surface area contributed by atoms with Crippen LogP contribution in [-0.2, 0) is 16.1 Å². The van der Waals surface area contributed by atoms with Crippen LogP contribution in [-0.4, -0.2) is 53.1 Å². The molecule has 1 aromatic rings. The van der Waals surface area contributed by atoms with Crippen molar-refractivity contribution in [3.63, 3.8) is 0 Å². The predicted molar refractivity (Wildman–Crippen MR) is 99.4 cm³/mol. The van der Waals surface area contributed by atoms with Gasteiger partial charge in [0.15, 0.2) is 0 Å². The van der Waals surface area contributed by atoms with E-state index in [9.17, 15) is 14.7 Å². The number of carbonyl (C=O) groups excluding carboxylic acids is 2. The molecule has 1 atom stereocenters. The first-order valence-electron chi connectivity index (χ1n) is 9.50. The van der Waals surface area contributed by atoms with Crippen molar-refractivity contribution in [1.29, 1.82) is 0 Å². The third-order valence-electron chi connectivity index (χ3n) is 5.59. The third kappa shape index (κ3) is 4.43. The number of aliphatic hydroxyl groups excluding tert-OH is 1. The molecule has 1 aliphatic heterocycles. The van der Waals surface area contributed by atoms with Crippen LogP contribution in [0.4, 0.5) is 0 Å². The molecule has 2 fully saturated rings. The molecule has 26 heavy (non-hydrogen) atoms. The van der Waals surface area contributed by atoms with Crippen molar-refractivity contribution < 1.29 is 14.7 Å². The van der Waals surface area contributed by atoms with Crippen LogP contribution in [0.5, 0.6) is 0 Å². The molecule has 2 aliphatic rings. The van der Waals surface area contributed by atoms with E-state index in [4.69, 9.17) is 0 Å². The predicted octanol–water partition coefficient (Wildman–Crippen LogP) is 1.11. The van der Waals surface area contributed by atoms with Crippen molar-refractivity contribution in [2.75, 3.05) is 19.7 Å². The first kappa shape index (κ1) is 18.9. The number of aliphatic hydroxyl groups is 1. The summed E-state index contributed by atoms with van der Waals surface area (Å²) in [5, 5.41) is 15.6. The molecular weight excluding hydrogens is 330 g/mol. The summed E-state index contributed by atoms with van der Waals surface area (Å²) in [5.74, 6) is -0.250. The van der Waals surface area contributed by atoms with Gasteiger partial charge in [-0.15, -0.1) is 0 Å². The fourth-order valence-electron chi connectivity index (χ4n) is 4.00. The average molecular weight is 359 g/mol. The first-order valence-corrected chi connectivity index (χ1v) is 9.50. The zero-order chi connectivity index (χ0) is 18.6. The van der Waals surface area contributed by atoms with Gasteiger partial charge in [0, 0.05) is 19.6 Å². The van der Waals surface area contributed by atoms with Crippen LogP contribution in [0.25, 0.3) is 0 Å². The number of hydrogen-bond acceptors (Lipinski definition) is 4. The smallest absolute Gasteiger partial charge is 0.237 e. The van der Waals surface area contributed by atoms with Crippen molar-refractivity contribution in [1.82, 2.24) is 15.5 Å². The van der Waals surface area contributed by atoms with Gasteiger partial charge in [0.1, 0.15) is 0 Å². The minimum absolute atomic E-state index is 0.0390. The molecule has 142 valence electrons. The van der Waals surface area contributed by atoms with E-state index < -0.39 is 11.6 Å². The minimum Gasteiger partial charge on any atom is -0.394 e. The highest BCUT2D eigenvalue weighted by Gasteiger charge is 2.37. The lowest BCUT2D eigenvalue weighted by Gasteiger charge is -2.36. The van der Waals surface area contributed by atoms with Crippen LogP contribution >= 0.6 is 0 Å². The Labute approximate surface area is 155 Å². The second-order valence-corrected chi connectivity index (χ2v) is 7.66. The molecule has 1 aromatic carbocycles. The first-order chi connectivity index (χ1) is 12.5. The van der Waals surface area contributed by atoms with Crippen LogP contribution in [0.1, 0.15) is 43.2 Å². The summed E-state index contributed by atoms with van der Waals surface area (Å²) in [4.78, 5) is 27.1. The van der Waals surface area contributed by atoms with Crippen LogP contribution in [0.2, 0.25) is 0 Å². The number of rotatable bonds is 6. The summed E-state index contributed by atoms with van der Waals surface area (Å²) >= 11 is 0. The molecule has 3 N–H and O–H groups in total. The van der Waals surface area contributed by atoms with Crippen LogP contribution in [0.15, 0.2) is 24.3 Å². The number of aryl methyl sites for hydroxylation is 1. The summed E-state index contributed by atoms with van der Waals surface area (Å²) in [6.45, 7) is 3.98. The molecule has 1 saturated carbocycles. The molecule has 3 rings (SSSR count). The average Bonchev–Trinajstić information content (AvgIpc) is 3.09. The second kappa shape index (κ2) is 8.18. The van der Waals surface area contributed by atoms with Gasteiger partial charge in [-0.05, 0) is 25.3 Å². The van der Waals surface area contributed by atoms with Crippen LogP contribution in [0, 0.1) is 6.92 Å². The molecule has 0 bridgehead atoms. The Morgan fingerprint density at radius 2 is 2.00 bits per heavy atom. The number of piperazine rings is 1. The Kier molecular flexibility index (Phi) is 5.94. The molecule has 0 radical (unpaired) electrons. The maximum Gasteiger partial charge on any atom is 0.237 e. The van der Waals surface area contributed by atoms with E-state index in [1.54, 1.807) is 0 Å². The lowest BCUT2D eigenvalue weighted by Crippen LogP contribution is -2.57. The third-order valence-corrected chi connectivity index (χ3v) is 5.59. The Morgan fingerprint density at radius 1 is 1.31 bits per heavy atom. The Morgan fingerprint density at radius 3 is 2.65 bits per heavy atom. The maximum absolute atomic E-state index is 12.6. The molecular formula is C20H29N3O3. The highest BCUT2D eigenvalue weighted by atomic mass is 16.3. The second-order valence-electron chi connectivity index (χ2n) is 7.66. The number of hydrogen-bond donors (Lipinski definition) is 3. The topological polar surface area (TPSA) is 81.7 Å². The highest BCUT2D eigenvalue weighted by Crippen LogP contribution is 2.29. The van der Waals surface area contributed by atoms with Gasteiger partial charge in [-0.2, -0.15) is 0 Å². The molecule has 0 spiro atoms. The molecule has 6 heteroatoms. The fourth-order valence-corrected chi connectivity index (χ4v) is 4.00. The summed E-state index contributed by atoms with van der Waals surface area (Å²) in [6.07, 6.45) is 3.77. The van der Waals surface area contributed by atoms with Crippen LogP contribution < -0.4 is 10.6 Å². The van der Waals surface area contributed by atoms with E-state index in [2.05, 4.69) is 39.8 Å². The zero-order valence-electron chi connectivity index (χ0n) is 15.5. The van der Waals surface area contributed by atoms with Gasteiger partial charge < -0.3 is 15.7 Å². The minimum atomic E-state index is -0.496. The summed E-state index contributed by atoms with van der Waals surface area (Å²) < 4.78 is 0. The molecule has 1 saturated heterocycles. The Hall–Kier alpha value is -1.92. The van der Waals surface area contributed by atoms with Gasteiger partial charge in [-0.25, -0.2) is 0 Å². The number of carbonyl (C=O) groups is 2. The highest BCUT2D eigenvalue weighted by molar-refractivity contribution is 5.89. The fraction of sp³-hybridized carbons (Fsp3) is 0.600. The van der Waals surface area contributed by atoms with Crippen molar-refractivity contribution >= 4 is 11.8 Å². The van der Waals surface area contributed by atoms with E-state index in [0.717, 1.165) is 37.8 Å². The van der Waals surface area contributed by atoms with Crippen molar-refractivity contribution in [3.8, 4) is 0 Å². The van der Waals surface area contributed by atoms with E-state index in [1.807, 2.05) is 6.92 Å². The van der Waals surface area contributed by atoms with Gasteiger partial charge in [0.25, 0.3) is 0 Å². The molecule has 1 aliphatic carbocycles. The molecule has 6 nitrogen and oxygen atoms in total. The number of amides is 2. The molecule has 0 unspecified atom stereocenters. The summed E-state index contributed by atoms with van der Waals surface area (Å²) in [7, 11) is 0. The van der Waals surface area contributed by atoms with Gasteiger partial charge in [0.2, 0.25) is 11.8 Å². The monoisotopic (exact) mass is 359 g/mol. The lowest BCUT2D eigenvalue weighted by molar-refractivity contribution is -0.135. The number of benzene rings is 1. The Balaban J connectivity index is 1.65. The summed E-state index contributed by atoms with van der Waals surface area (Å²) in [5.41, 5.74) is 1.84.